The lowest BCUT2D eigenvalue weighted by molar-refractivity contribution is -0.526. The molecule has 0 aliphatic heterocycles. The van der Waals surface area contributed by atoms with E-state index in [2.05, 4.69) is 15.6 Å². The van der Waals surface area contributed by atoms with Gasteiger partial charge in [0.15, 0.2) is 5.96 Å². The summed E-state index contributed by atoms with van der Waals surface area (Å²) in [4.78, 5) is 39.2. The molecule has 0 aromatic rings. The SMILES string of the molecule is CC(C)(C)OC(=O)NC(CCCN=C(N)N)C(=O)NC1CCC([N+](=O)[O-])CC1. The van der Waals surface area contributed by atoms with Crippen molar-refractivity contribution in [1.82, 2.24) is 10.6 Å². The molecule has 1 saturated carbocycles. The van der Waals surface area contributed by atoms with Crippen LogP contribution in [0.5, 0.6) is 0 Å². The summed E-state index contributed by atoms with van der Waals surface area (Å²) in [5.41, 5.74) is 9.88. The summed E-state index contributed by atoms with van der Waals surface area (Å²) in [6, 6.07) is -1.51. The highest BCUT2D eigenvalue weighted by atomic mass is 16.6. The maximum absolute atomic E-state index is 12.7. The Morgan fingerprint density at radius 3 is 2.36 bits per heavy atom. The van der Waals surface area contributed by atoms with Gasteiger partial charge in [0.2, 0.25) is 11.9 Å². The molecular weight excluding hydrogens is 368 g/mol. The van der Waals surface area contributed by atoms with E-state index in [4.69, 9.17) is 16.2 Å². The Bertz CT molecular complexity index is 577. The largest absolute Gasteiger partial charge is 0.444 e. The average Bonchev–Trinajstić information content (AvgIpc) is 2.56. The van der Waals surface area contributed by atoms with Crippen LogP contribution in [0.4, 0.5) is 4.79 Å². The molecule has 0 saturated heterocycles. The third kappa shape index (κ3) is 9.38. The van der Waals surface area contributed by atoms with E-state index in [0.717, 1.165) is 0 Å². The first-order valence-electron chi connectivity index (χ1n) is 9.46. The van der Waals surface area contributed by atoms with Crippen LogP contribution in [0.25, 0.3) is 0 Å². The predicted molar refractivity (Wildman–Crippen MR) is 104 cm³/mol. The van der Waals surface area contributed by atoms with E-state index in [0.29, 0.717) is 45.1 Å². The Labute approximate surface area is 164 Å². The van der Waals surface area contributed by atoms with Crippen molar-refractivity contribution in [2.75, 3.05) is 6.54 Å². The van der Waals surface area contributed by atoms with Gasteiger partial charge < -0.3 is 26.8 Å². The summed E-state index contributed by atoms with van der Waals surface area (Å²) < 4.78 is 5.22. The number of hydrogen-bond donors (Lipinski definition) is 4. The standard InChI is InChI=1S/C17H32N6O5/c1-17(2,3)28-16(25)22-13(5-4-10-20-15(18)19)14(24)21-11-6-8-12(9-7-11)23(26)27/h11-13H,4-10H2,1-3H3,(H,21,24)(H,22,25)(H4,18,19,20). The normalized spacial score (nSPS) is 20.5. The van der Waals surface area contributed by atoms with Gasteiger partial charge >= 0.3 is 6.09 Å². The van der Waals surface area contributed by atoms with Gasteiger partial charge in [0.05, 0.1) is 0 Å². The fourth-order valence-electron chi connectivity index (χ4n) is 2.95. The van der Waals surface area contributed by atoms with Gasteiger partial charge in [0.1, 0.15) is 11.6 Å². The van der Waals surface area contributed by atoms with Gasteiger partial charge in [-0.05, 0) is 46.5 Å². The van der Waals surface area contributed by atoms with Crippen LogP contribution in [-0.4, -0.2) is 53.2 Å². The number of guanidine groups is 1. The molecule has 1 aliphatic rings. The highest BCUT2D eigenvalue weighted by Crippen LogP contribution is 2.21. The van der Waals surface area contributed by atoms with Crippen molar-refractivity contribution in [1.29, 1.82) is 0 Å². The third-order valence-electron chi connectivity index (χ3n) is 4.29. The predicted octanol–water partition coefficient (Wildman–Crippen LogP) is 0.637. The molecule has 0 aromatic heterocycles. The summed E-state index contributed by atoms with van der Waals surface area (Å²) >= 11 is 0. The van der Waals surface area contributed by atoms with E-state index < -0.39 is 23.8 Å². The van der Waals surface area contributed by atoms with E-state index >= 15 is 0 Å². The molecule has 1 aliphatic carbocycles. The average molecular weight is 400 g/mol. The van der Waals surface area contributed by atoms with Crippen molar-refractivity contribution in [3.05, 3.63) is 10.1 Å². The van der Waals surface area contributed by atoms with E-state index in [9.17, 15) is 19.7 Å². The minimum atomic E-state index is -0.808. The van der Waals surface area contributed by atoms with Gasteiger partial charge in [-0.2, -0.15) is 0 Å². The van der Waals surface area contributed by atoms with Crippen molar-refractivity contribution < 1.29 is 19.2 Å². The minimum absolute atomic E-state index is 0.0383. The van der Waals surface area contributed by atoms with Crippen LogP contribution in [0, 0.1) is 10.1 Å². The van der Waals surface area contributed by atoms with Crippen LogP contribution >= 0.6 is 0 Å². The summed E-state index contributed by atoms with van der Waals surface area (Å²) in [7, 11) is 0. The lowest BCUT2D eigenvalue weighted by Crippen LogP contribution is -2.51. The third-order valence-corrected chi connectivity index (χ3v) is 4.29. The molecule has 11 nitrogen and oxygen atoms in total. The number of carbonyl (C=O) groups is 2. The molecule has 11 heteroatoms. The molecule has 1 fully saturated rings. The Morgan fingerprint density at radius 1 is 1.25 bits per heavy atom. The molecule has 0 radical (unpaired) electrons. The molecule has 0 aromatic carbocycles. The zero-order valence-corrected chi connectivity index (χ0v) is 16.8. The molecule has 6 N–H and O–H groups in total. The molecule has 28 heavy (non-hydrogen) atoms. The molecule has 2 amide bonds. The zero-order chi connectivity index (χ0) is 21.3. The summed E-state index contributed by atoms with van der Waals surface area (Å²) in [6.45, 7) is 5.52. The van der Waals surface area contributed by atoms with Gasteiger partial charge in [-0.3, -0.25) is 19.9 Å². The summed E-state index contributed by atoms with van der Waals surface area (Å²) in [5.74, 6) is -0.385. The van der Waals surface area contributed by atoms with E-state index in [1.54, 1.807) is 20.8 Å². The van der Waals surface area contributed by atoms with E-state index in [1.807, 2.05) is 0 Å². The number of nitro groups is 1. The van der Waals surface area contributed by atoms with Crippen molar-refractivity contribution in [2.24, 2.45) is 16.5 Å². The fraction of sp³-hybridized carbons (Fsp3) is 0.824. The highest BCUT2D eigenvalue weighted by molar-refractivity contribution is 5.85. The molecule has 0 bridgehead atoms. The van der Waals surface area contributed by atoms with E-state index in [-0.39, 0.29) is 22.8 Å². The van der Waals surface area contributed by atoms with Crippen molar-refractivity contribution in [3.8, 4) is 0 Å². The Hall–Kier alpha value is -2.59. The van der Waals surface area contributed by atoms with Crippen LogP contribution in [-0.2, 0) is 9.53 Å². The van der Waals surface area contributed by atoms with Crippen LogP contribution in [0.2, 0.25) is 0 Å². The maximum Gasteiger partial charge on any atom is 0.408 e. The number of rotatable bonds is 8. The number of ether oxygens (including phenoxy) is 1. The topological polar surface area (TPSA) is 175 Å². The lowest BCUT2D eigenvalue weighted by atomic mass is 9.91. The summed E-state index contributed by atoms with van der Waals surface area (Å²) in [5, 5.41) is 16.3. The summed E-state index contributed by atoms with van der Waals surface area (Å²) in [6.07, 6.45) is 2.03. The first kappa shape index (κ1) is 23.4. The maximum atomic E-state index is 12.7. The number of nitrogens with zero attached hydrogens (tertiary/aromatic N) is 2. The number of amides is 2. The number of nitrogens with two attached hydrogens (primary N) is 2. The molecule has 1 rings (SSSR count). The molecule has 1 unspecified atom stereocenters. The second kappa shape index (κ2) is 10.7. The van der Waals surface area contributed by atoms with Crippen molar-refractivity contribution in [3.63, 3.8) is 0 Å². The molecule has 0 heterocycles. The second-order valence-corrected chi connectivity index (χ2v) is 7.95. The lowest BCUT2D eigenvalue weighted by Gasteiger charge is -2.28. The number of nitrogens with one attached hydrogen (secondary N) is 2. The van der Waals surface area contributed by atoms with Crippen LogP contribution < -0.4 is 22.1 Å². The van der Waals surface area contributed by atoms with Crippen molar-refractivity contribution >= 4 is 18.0 Å². The molecular formula is C17H32N6O5. The van der Waals surface area contributed by atoms with Crippen molar-refractivity contribution in [2.45, 2.75) is 83.0 Å². The second-order valence-electron chi connectivity index (χ2n) is 7.95. The Kier molecular flexibility index (Phi) is 8.93. The van der Waals surface area contributed by atoms with Gasteiger partial charge in [-0.1, -0.05) is 0 Å². The number of carbonyl (C=O) groups excluding carboxylic acids is 2. The first-order valence-corrected chi connectivity index (χ1v) is 9.46. The van der Waals surface area contributed by atoms with Gasteiger partial charge in [0, 0.05) is 30.4 Å². The smallest absolute Gasteiger partial charge is 0.408 e. The van der Waals surface area contributed by atoms with Gasteiger partial charge in [-0.15, -0.1) is 0 Å². The zero-order valence-electron chi connectivity index (χ0n) is 16.8. The van der Waals surface area contributed by atoms with Crippen LogP contribution in [0.3, 0.4) is 0 Å². The van der Waals surface area contributed by atoms with E-state index in [1.165, 1.54) is 0 Å². The Balaban J connectivity index is 2.63. The molecule has 160 valence electrons. The van der Waals surface area contributed by atoms with Gasteiger partial charge in [0.25, 0.3) is 0 Å². The highest BCUT2D eigenvalue weighted by Gasteiger charge is 2.31. The fourth-order valence-corrected chi connectivity index (χ4v) is 2.95. The van der Waals surface area contributed by atoms with Crippen LogP contribution in [0.1, 0.15) is 59.3 Å². The number of aliphatic imine (C=N–C) groups is 1. The Morgan fingerprint density at radius 2 is 1.86 bits per heavy atom. The monoisotopic (exact) mass is 400 g/mol. The molecule has 0 spiro atoms. The van der Waals surface area contributed by atoms with Gasteiger partial charge in [-0.25, -0.2) is 4.79 Å². The number of hydrogen-bond acceptors (Lipinski definition) is 6. The quantitative estimate of drug-likeness (QED) is 0.152. The molecule has 1 atom stereocenters. The minimum Gasteiger partial charge on any atom is -0.444 e. The number of alkyl carbamates (subject to hydrolysis) is 1. The van der Waals surface area contributed by atoms with Crippen LogP contribution in [0.15, 0.2) is 4.99 Å². The first-order chi connectivity index (χ1) is 13.0.